The first-order chi connectivity index (χ1) is 10.3. The highest BCUT2D eigenvalue weighted by molar-refractivity contribution is 9.10. The van der Waals surface area contributed by atoms with E-state index < -0.39 is 0 Å². The lowest BCUT2D eigenvalue weighted by Gasteiger charge is -2.11. The molecule has 0 atom stereocenters. The molecule has 0 fully saturated rings. The third kappa shape index (κ3) is 3.09. The summed E-state index contributed by atoms with van der Waals surface area (Å²) < 4.78 is 1.11. The molecule has 0 unspecified atom stereocenters. The maximum atomic E-state index is 9.06. The Morgan fingerprint density at radius 2 is 1.48 bits per heavy atom. The molecule has 3 heteroatoms. The molecule has 0 aliphatic rings. The summed E-state index contributed by atoms with van der Waals surface area (Å²) in [6.07, 6.45) is 0. The normalized spacial score (nSPS) is 10.8. The summed E-state index contributed by atoms with van der Waals surface area (Å²) in [7, 11) is 0. The number of hydrogen-bond acceptors (Lipinski definition) is 2. The molecule has 0 saturated carbocycles. The largest absolute Gasteiger partial charge is 0.392 e. The van der Waals surface area contributed by atoms with Crippen LogP contribution in [-0.4, -0.2) is 5.11 Å². The van der Waals surface area contributed by atoms with Crippen LogP contribution in [0.5, 0.6) is 0 Å². The second-order valence-corrected chi connectivity index (χ2v) is 5.82. The molecular formula is C18H16BrNO. The maximum absolute atomic E-state index is 9.06. The Balaban J connectivity index is 1.83. The molecule has 0 aromatic heterocycles. The van der Waals surface area contributed by atoms with Gasteiger partial charge in [0.25, 0.3) is 0 Å². The fourth-order valence-electron chi connectivity index (χ4n) is 2.38. The van der Waals surface area contributed by atoms with Gasteiger partial charge in [-0.25, -0.2) is 0 Å². The van der Waals surface area contributed by atoms with Gasteiger partial charge in [-0.1, -0.05) is 64.5 Å². The average molecular weight is 342 g/mol. The molecule has 0 saturated heterocycles. The van der Waals surface area contributed by atoms with E-state index in [-0.39, 0.29) is 6.61 Å². The van der Waals surface area contributed by atoms with Gasteiger partial charge in [-0.2, -0.15) is 0 Å². The summed E-state index contributed by atoms with van der Waals surface area (Å²) in [6.45, 7) is 0.850. The molecule has 0 heterocycles. The van der Waals surface area contributed by atoms with Gasteiger partial charge < -0.3 is 10.4 Å². The molecule has 21 heavy (non-hydrogen) atoms. The van der Waals surface area contributed by atoms with Crippen molar-refractivity contribution in [1.29, 1.82) is 0 Å². The standard InChI is InChI=1S/C18H16BrNO/c19-17-9-10-18(16-4-2-1-3-15(16)17)20-11-13-5-7-14(12-21)8-6-13/h1-10,20-21H,11-12H2. The fraction of sp³-hybridized carbons (Fsp3) is 0.111. The number of fused-ring (bicyclic) bond motifs is 1. The molecule has 3 aromatic rings. The summed E-state index contributed by atoms with van der Waals surface area (Å²) in [6, 6.07) is 20.5. The van der Waals surface area contributed by atoms with E-state index in [1.165, 1.54) is 16.3 Å². The Hall–Kier alpha value is -1.84. The van der Waals surface area contributed by atoms with Gasteiger partial charge in [0.05, 0.1) is 6.61 Å². The van der Waals surface area contributed by atoms with E-state index in [0.29, 0.717) is 0 Å². The molecule has 3 rings (SSSR count). The molecule has 3 aromatic carbocycles. The van der Waals surface area contributed by atoms with Gasteiger partial charge in [-0.3, -0.25) is 0 Å². The second kappa shape index (κ2) is 6.29. The lowest BCUT2D eigenvalue weighted by molar-refractivity contribution is 0.282. The van der Waals surface area contributed by atoms with E-state index in [4.69, 9.17) is 5.11 Å². The summed E-state index contributed by atoms with van der Waals surface area (Å²) in [5.74, 6) is 0. The van der Waals surface area contributed by atoms with Gasteiger partial charge >= 0.3 is 0 Å². The number of halogens is 1. The van der Waals surface area contributed by atoms with Crippen molar-refractivity contribution in [3.8, 4) is 0 Å². The van der Waals surface area contributed by atoms with Crippen molar-refractivity contribution in [3.05, 3.63) is 76.3 Å². The van der Waals surface area contributed by atoms with Crippen molar-refractivity contribution < 1.29 is 5.11 Å². The van der Waals surface area contributed by atoms with Gasteiger partial charge in [0.1, 0.15) is 0 Å². The number of benzene rings is 3. The Kier molecular flexibility index (Phi) is 4.23. The monoisotopic (exact) mass is 341 g/mol. The third-order valence-corrected chi connectivity index (χ3v) is 4.25. The second-order valence-electron chi connectivity index (χ2n) is 4.97. The van der Waals surface area contributed by atoms with Crippen LogP contribution < -0.4 is 5.32 Å². The van der Waals surface area contributed by atoms with Crippen LogP contribution in [0.2, 0.25) is 0 Å². The number of aliphatic hydroxyl groups excluding tert-OH is 1. The Bertz CT molecular complexity index is 753. The lowest BCUT2D eigenvalue weighted by Crippen LogP contribution is -2.00. The van der Waals surface area contributed by atoms with E-state index in [2.05, 4.69) is 51.6 Å². The van der Waals surface area contributed by atoms with Crippen molar-refractivity contribution in [2.24, 2.45) is 0 Å². The molecule has 0 spiro atoms. The predicted octanol–water partition coefficient (Wildman–Crippen LogP) is 4.71. The van der Waals surface area contributed by atoms with Gasteiger partial charge in [-0.15, -0.1) is 0 Å². The van der Waals surface area contributed by atoms with Crippen molar-refractivity contribution in [3.63, 3.8) is 0 Å². The zero-order valence-corrected chi connectivity index (χ0v) is 13.1. The molecule has 2 nitrogen and oxygen atoms in total. The summed E-state index contributed by atoms with van der Waals surface area (Å²) in [5.41, 5.74) is 3.26. The molecule has 2 N–H and O–H groups in total. The molecule has 0 radical (unpaired) electrons. The number of rotatable bonds is 4. The van der Waals surface area contributed by atoms with Crippen molar-refractivity contribution >= 4 is 32.4 Å². The highest BCUT2D eigenvalue weighted by Crippen LogP contribution is 2.30. The molecule has 0 amide bonds. The number of nitrogens with one attached hydrogen (secondary N) is 1. The first-order valence-corrected chi connectivity index (χ1v) is 7.67. The quantitative estimate of drug-likeness (QED) is 0.720. The van der Waals surface area contributed by atoms with Crippen LogP contribution in [0.3, 0.4) is 0 Å². The first kappa shape index (κ1) is 14.1. The Morgan fingerprint density at radius 3 is 2.19 bits per heavy atom. The minimum Gasteiger partial charge on any atom is -0.392 e. The van der Waals surface area contributed by atoms with Crippen LogP contribution in [0.1, 0.15) is 11.1 Å². The minimum atomic E-state index is 0.0884. The molecule has 0 aliphatic carbocycles. The summed E-state index contributed by atoms with van der Waals surface area (Å²) >= 11 is 3.59. The predicted molar refractivity (Wildman–Crippen MR) is 91.3 cm³/mol. The van der Waals surface area contributed by atoms with Crippen LogP contribution >= 0.6 is 15.9 Å². The summed E-state index contributed by atoms with van der Waals surface area (Å²) in [4.78, 5) is 0. The highest BCUT2D eigenvalue weighted by Gasteiger charge is 2.03. The third-order valence-electron chi connectivity index (χ3n) is 3.56. The molecular weight excluding hydrogens is 326 g/mol. The zero-order valence-electron chi connectivity index (χ0n) is 11.5. The molecule has 0 aliphatic heterocycles. The van der Waals surface area contributed by atoms with Gasteiger partial charge in [0, 0.05) is 22.1 Å². The first-order valence-electron chi connectivity index (χ1n) is 6.88. The molecule has 0 bridgehead atoms. The Labute approximate surface area is 132 Å². The minimum absolute atomic E-state index is 0.0884. The van der Waals surface area contributed by atoms with Crippen LogP contribution in [0, 0.1) is 0 Å². The zero-order chi connectivity index (χ0) is 14.7. The number of anilines is 1. The smallest absolute Gasteiger partial charge is 0.0681 e. The van der Waals surface area contributed by atoms with E-state index in [1.54, 1.807) is 0 Å². The highest BCUT2D eigenvalue weighted by atomic mass is 79.9. The van der Waals surface area contributed by atoms with Crippen LogP contribution in [0.4, 0.5) is 5.69 Å². The SMILES string of the molecule is OCc1ccc(CNc2ccc(Br)c3ccccc23)cc1. The Morgan fingerprint density at radius 1 is 0.810 bits per heavy atom. The summed E-state index contributed by atoms with van der Waals surface area (Å²) in [5, 5.41) is 15.0. The van der Waals surface area contributed by atoms with Gasteiger partial charge in [0.2, 0.25) is 0 Å². The lowest BCUT2D eigenvalue weighted by atomic mass is 10.1. The number of hydrogen-bond donors (Lipinski definition) is 2. The van der Waals surface area contributed by atoms with Crippen LogP contribution in [-0.2, 0) is 13.2 Å². The van der Waals surface area contributed by atoms with Crippen LogP contribution in [0.25, 0.3) is 10.8 Å². The van der Waals surface area contributed by atoms with Gasteiger partial charge in [0.15, 0.2) is 0 Å². The maximum Gasteiger partial charge on any atom is 0.0681 e. The van der Waals surface area contributed by atoms with E-state index in [1.807, 2.05) is 30.3 Å². The van der Waals surface area contributed by atoms with E-state index >= 15 is 0 Å². The van der Waals surface area contributed by atoms with Crippen molar-refractivity contribution in [1.82, 2.24) is 0 Å². The van der Waals surface area contributed by atoms with E-state index in [0.717, 1.165) is 22.3 Å². The van der Waals surface area contributed by atoms with Crippen molar-refractivity contribution in [2.45, 2.75) is 13.2 Å². The fourth-order valence-corrected chi connectivity index (χ4v) is 2.85. The molecule has 106 valence electrons. The van der Waals surface area contributed by atoms with E-state index in [9.17, 15) is 0 Å². The van der Waals surface area contributed by atoms with Crippen molar-refractivity contribution in [2.75, 3.05) is 5.32 Å². The average Bonchev–Trinajstić information content (AvgIpc) is 2.55. The van der Waals surface area contributed by atoms with Gasteiger partial charge in [-0.05, 0) is 28.6 Å². The topological polar surface area (TPSA) is 32.3 Å². The van der Waals surface area contributed by atoms with Crippen LogP contribution in [0.15, 0.2) is 65.1 Å². The number of aliphatic hydroxyl groups is 1.